The van der Waals surface area contributed by atoms with E-state index in [4.69, 9.17) is 18.0 Å². The predicted molar refractivity (Wildman–Crippen MR) is 65.8 cm³/mol. The Morgan fingerprint density at radius 3 is 2.38 bits per heavy atom. The third-order valence-electron chi connectivity index (χ3n) is 3.42. The smallest absolute Gasteiger partial charge is 0.235 e. The number of rotatable bonds is 5. The molecule has 1 aliphatic heterocycles. The molecule has 0 aliphatic carbocycles. The van der Waals surface area contributed by atoms with Gasteiger partial charge in [-0.15, -0.1) is 0 Å². The van der Waals surface area contributed by atoms with Crippen LogP contribution in [0.15, 0.2) is 0 Å². The Kier molecular flexibility index (Phi) is 4.02. The molecule has 1 aliphatic rings. The SMILES string of the molecule is CCC1(CC)CC(=O)N(CCC(N)=S)C1=O. The summed E-state index contributed by atoms with van der Waals surface area (Å²) in [7, 11) is 0. The maximum absolute atomic E-state index is 12.1. The van der Waals surface area contributed by atoms with Crippen LogP contribution in [0.25, 0.3) is 0 Å². The van der Waals surface area contributed by atoms with E-state index in [0.29, 0.717) is 37.2 Å². The van der Waals surface area contributed by atoms with Crippen LogP contribution in [0.5, 0.6) is 0 Å². The largest absolute Gasteiger partial charge is 0.393 e. The van der Waals surface area contributed by atoms with E-state index in [-0.39, 0.29) is 11.8 Å². The van der Waals surface area contributed by atoms with Crippen LogP contribution in [0.1, 0.15) is 39.5 Å². The highest BCUT2D eigenvalue weighted by Gasteiger charge is 2.48. The zero-order valence-corrected chi connectivity index (χ0v) is 10.6. The summed E-state index contributed by atoms with van der Waals surface area (Å²) in [4.78, 5) is 25.5. The van der Waals surface area contributed by atoms with Gasteiger partial charge in [-0.3, -0.25) is 14.5 Å². The molecule has 5 heteroatoms. The van der Waals surface area contributed by atoms with E-state index in [1.807, 2.05) is 13.8 Å². The molecule has 1 fully saturated rings. The van der Waals surface area contributed by atoms with Crippen molar-refractivity contribution in [2.24, 2.45) is 11.1 Å². The van der Waals surface area contributed by atoms with Crippen LogP contribution in [0.4, 0.5) is 0 Å². The third-order valence-corrected chi connectivity index (χ3v) is 3.63. The normalized spacial score (nSPS) is 19.2. The Morgan fingerprint density at radius 2 is 2.00 bits per heavy atom. The van der Waals surface area contributed by atoms with Crippen LogP contribution in [-0.2, 0) is 9.59 Å². The van der Waals surface area contributed by atoms with Crippen molar-refractivity contribution in [1.29, 1.82) is 0 Å². The van der Waals surface area contributed by atoms with Gasteiger partial charge in [-0.1, -0.05) is 26.1 Å². The molecule has 0 aromatic carbocycles. The van der Waals surface area contributed by atoms with Gasteiger partial charge in [-0.25, -0.2) is 0 Å². The van der Waals surface area contributed by atoms with E-state index in [2.05, 4.69) is 0 Å². The van der Waals surface area contributed by atoms with Gasteiger partial charge in [-0.05, 0) is 12.8 Å². The quantitative estimate of drug-likeness (QED) is 0.582. The fourth-order valence-corrected chi connectivity index (χ4v) is 2.20. The highest BCUT2D eigenvalue weighted by atomic mass is 32.1. The number of carbonyl (C=O) groups is 2. The van der Waals surface area contributed by atoms with Crippen molar-refractivity contribution in [2.45, 2.75) is 39.5 Å². The zero-order valence-electron chi connectivity index (χ0n) is 9.78. The molecular formula is C11H18N2O2S. The molecule has 2 amide bonds. The molecule has 1 rings (SSSR count). The molecule has 0 atom stereocenters. The molecule has 0 aromatic rings. The first-order chi connectivity index (χ1) is 7.46. The van der Waals surface area contributed by atoms with Gasteiger partial charge in [0.2, 0.25) is 11.8 Å². The van der Waals surface area contributed by atoms with Crippen molar-refractivity contribution in [1.82, 2.24) is 4.90 Å². The minimum Gasteiger partial charge on any atom is -0.393 e. The van der Waals surface area contributed by atoms with Gasteiger partial charge in [0.1, 0.15) is 0 Å². The Bertz CT molecular complexity index is 324. The number of hydrogen-bond acceptors (Lipinski definition) is 3. The van der Waals surface area contributed by atoms with Crippen LogP contribution in [-0.4, -0.2) is 28.2 Å². The molecule has 0 unspecified atom stereocenters. The second-order valence-electron chi connectivity index (χ2n) is 4.23. The van der Waals surface area contributed by atoms with Gasteiger partial charge in [0.05, 0.1) is 10.4 Å². The summed E-state index contributed by atoms with van der Waals surface area (Å²) in [5.41, 5.74) is 4.90. The lowest BCUT2D eigenvalue weighted by molar-refractivity contribution is -0.141. The zero-order chi connectivity index (χ0) is 12.3. The van der Waals surface area contributed by atoms with Crippen molar-refractivity contribution in [3.05, 3.63) is 0 Å². The number of imide groups is 1. The number of nitrogens with zero attached hydrogens (tertiary/aromatic N) is 1. The Hall–Kier alpha value is -0.970. The van der Waals surface area contributed by atoms with Crippen LogP contribution in [0.2, 0.25) is 0 Å². The van der Waals surface area contributed by atoms with Gasteiger partial charge in [-0.2, -0.15) is 0 Å². The third kappa shape index (κ3) is 2.24. The Morgan fingerprint density at radius 1 is 1.44 bits per heavy atom. The predicted octanol–water partition coefficient (Wildman–Crippen LogP) is 1.23. The van der Waals surface area contributed by atoms with Crippen LogP contribution >= 0.6 is 12.2 Å². The topological polar surface area (TPSA) is 63.4 Å². The van der Waals surface area contributed by atoms with Crippen molar-refractivity contribution in [3.8, 4) is 0 Å². The van der Waals surface area contributed by atoms with Gasteiger partial charge < -0.3 is 5.73 Å². The van der Waals surface area contributed by atoms with Gasteiger partial charge in [0.15, 0.2) is 0 Å². The lowest BCUT2D eigenvalue weighted by Gasteiger charge is -2.23. The number of hydrogen-bond donors (Lipinski definition) is 1. The van der Waals surface area contributed by atoms with Crippen molar-refractivity contribution >= 4 is 29.0 Å². The number of likely N-dealkylation sites (tertiary alicyclic amines) is 1. The second-order valence-corrected chi connectivity index (χ2v) is 4.76. The molecule has 0 radical (unpaired) electrons. The number of amides is 2. The van der Waals surface area contributed by atoms with Crippen LogP contribution in [0.3, 0.4) is 0 Å². The fourth-order valence-electron chi connectivity index (χ4n) is 2.11. The summed E-state index contributed by atoms with van der Waals surface area (Å²) in [5, 5.41) is 0. The highest BCUT2D eigenvalue weighted by molar-refractivity contribution is 7.80. The van der Waals surface area contributed by atoms with E-state index >= 15 is 0 Å². The summed E-state index contributed by atoms with van der Waals surface area (Å²) >= 11 is 4.75. The van der Waals surface area contributed by atoms with Crippen LogP contribution < -0.4 is 5.73 Å². The summed E-state index contributed by atoms with van der Waals surface area (Å²) in [5.74, 6) is -0.149. The molecule has 0 aromatic heterocycles. The van der Waals surface area contributed by atoms with E-state index in [9.17, 15) is 9.59 Å². The molecule has 90 valence electrons. The first kappa shape index (κ1) is 13.1. The first-order valence-electron chi connectivity index (χ1n) is 5.60. The van der Waals surface area contributed by atoms with Crippen LogP contribution in [0, 0.1) is 5.41 Å². The van der Waals surface area contributed by atoms with Gasteiger partial charge in [0.25, 0.3) is 0 Å². The average Bonchev–Trinajstić information content (AvgIpc) is 2.48. The lowest BCUT2D eigenvalue weighted by Crippen LogP contribution is -2.37. The average molecular weight is 242 g/mol. The molecular weight excluding hydrogens is 224 g/mol. The number of carbonyl (C=O) groups excluding carboxylic acids is 2. The minimum absolute atomic E-state index is 0.0567. The first-order valence-corrected chi connectivity index (χ1v) is 6.00. The molecule has 0 saturated carbocycles. The van der Waals surface area contributed by atoms with E-state index < -0.39 is 5.41 Å². The summed E-state index contributed by atoms with van der Waals surface area (Å²) in [6.45, 7) is 4.23. The molecule has 0 bridgehead atoms. The van der Waals surface area contributed by atoms with E-state index in [1.165, 1.54) is 4.90 Å². The minimum atomic E-state index is -0.479. The Labute approximate surface area is 101 Å². The standard InChI is InChI=1S/C11H18N2O2S/c1-3-11(4-2)7-9(14)13(10(11)15)6-5-8(12)16/h3-7H2,1-2H3,(H2,12,16). The summed E-state index contributed by atoms with van der Waals surface area (Å²) < 4.78 is 0. The van der Waals surface area contributed by atoms with E-state index in [1.54, 1.807) is 0 Å². The van der Waals surface area contributed by atoms with Gasteiger partial charge >= 0.3 is 0 Å². The maximum atomic E-state index is 12.1. The van der Waals surface area contributed by atoms with Crippen molar-refractivity contribution in [2.75, 3.05) is 6.54 Å². The number of nitrogens with two attached hydrogens (primary N) is 1. The van der Waals surface area contributed by atoms with E-state index in [0.717, 1.165) is 0 Å². The van der Waals surface area contributed by atoms with Gasteiger partial charge in [0, 0.05) is 19.4 Å². The molecule has 2 N–H and O–H groups in total. The maximum Gasteiger partial charge on any atom is 0.235 e. The monoisotopic (exact) mass is 242 g/mol. The lowest BCUT2D eigenvalue weighted by atomic mass is 9.81. The molecule has 1 heterocycles. The summed E-state index contributed by atoms with van der Waals surface area (Å²) in [6.07, 6.45) is 2.15. The molecule has 16 heavy (non-hydrogen) atoms. The summed E-state index contributed by atoms with van der Waals surface area (Å²) in [6, 6.07) is 0. The van der Waals surface area contributed by atoms with Crippen molar-refractivity contribution < 1.29 is 9.59 Å². The molecule has 4 nitrogen and oxygen atoms in total. The molecule has 1 saturated heterocycles. The molecule has 0 spiro atoms. The fraction of sp³-hybridized carbons (Fsp3) is 0.727. The highest BCUT2D eigenvalue weighted by Crippen LogP contribution is 2.39. The number of thiocarbonyl (C=S) groups is 1. The second kappa shape index (κ2) is 4.91. The van der Waals surface area contributed by atoms with Crippen molar-refractivity contribution in [3.63, 3.8) is 0 Å². The Balaban J connectivity index is 2.78.